The van der Waals surface area contributed by atoms with E-state index in [0.29, 0.717) is 18.0 Å². The third-order valence-corrected chi connectivity index (χ3v) is 7.34. The van der Waals surface area contributed by atoms with Crippen molar-refractivity contribution < 1.29 is 0 Å². The summed E-state index contributed by atoms with van der Waals surface area (Å²) in [6, 6.07) is 0.874. The normalized spacial score (nSPS) is 28.7. The van der Waals surface area contributed by atoms with Crippen LogP contribution in [0.4, 0.5) is 0 Å². The number of unbranched alkanes of at least 4 members (excludes halogenated alkanes) is 1. The Bertz CT molecular complexity index is 565. The zero-order valence-electron chi connectivity index (χ0n) is 19.8. The molecule has 3 aliphatic rings. The first-order valence-corrected chi connectivity index (χ1v) is 11.6. The minimum atomic E-state index is 0. The van der Waals surface area contributed by atoms with E-state index in [1.54, 1.807) is 0 Å². The van der Waals surface area contributed by atoms with Gasteiger partial charge in [-0.3, -0.25) is 4.99 Å². The molecule has 0 bridgehead atoms. The van der Waals surface area contributed by atoms with E-state index in [0.717, 1.165) is 62.8 Å². The highest BCUT2D eigenvalue weighted by Crippen LogP contribution is 2.30. The minimum absolute atomic E-state index is 0. The molecule has 1 aliphatic carbocycles. The number of nitrogens with zero attached hydrogens (tertiary/aromatic N) is 4. The molecule has 4 N–H and O–H groups in total. The summed E-state index contributed by atoms with van der Waals surface area (Å²) in [5.41, 5.74) is 12.4. The Kier molecular flexibility index (Phi) is 14.5. The second-order valence-electron chi connectivity index (χ2n) is 9.51. The molecule has 0 aromatic heterocycles. The first-order valence-electron chi connectivity index (χ1n) is 11.6. The number of nitrogens with two attached hydrogens (primary N) is 2. The van der Waals surface area contributed by atoms with E-state index < -0.39 is 0 Å². The Morgan fingerprint density at radius 1 is 1.03 bits per heavy atom. The van der Waals surface area contributed by atoms with E-state index in [-0.39, 0.29) is 40.5 Å². The van der Waals surface area contributed by atoms with Crippen LogP contribution in [-0.4, -0.2) is 60.0 Å². The van der Waals surface area contributed by atoms with Crippen molar-refractivity contribution >= 4 is 52.4 Å². The Morgan fingerprint density at radius 3 is 2.35 bits per heavy atom. The van der Waals surface area contributed by atoms with Gasteiger partial charge in [0.2, 0.25) is 0 Å². The van der Waals surface area contributed by atoms with Crippen LogP contribution in [0.25, 0.3) is 0 Å². The molecule has 0 amide bonds. The Hall–Kier alpha value is -0.410. The lowest BCUT2D eigenvalue weighted by Crippen LogP contribution is -2.44. The van der Waals surface area contributed by atoms with Crippen molar-refractivity contribution in [3.05, 3.63) is 0 Å². The lowest BCUT2D eigenvalue weighted by atomic mass is 9.82. The first kappa shape index (κ1) is 30.6. The maximum absolute atomic E-state index is 6.23. The van der Waals surface area contributed by atoms with Gasteiger partial charge in [0.25, 0.3) is 0 Å². The third kappa shape index (κ3) is 8.46. The second-order valence-corrected chi connectivity index (χ2v) is 9.51. The quantitative estimate of drug-likeness (QED) is 0.484. The van der Waals surface area contributed by atoms with E-state index in [2.05, 4.69) is 40.6 Å². The van der Waals surface area contributed by atoms with Gasteiger partial charge < -0.3 is 21.3 Å². The molecule has 1 fully saturated rings. The summed E-state index contributed by atoms with van der Waals surface area (Å²) in [5.74, 6) is 3.82. The number of hydrogen-bond donors (Lipinski definition) is 2. The lowest BCUT2D eigenvalue weighted by molar-refractivity contribution is 0.211. The molecule has 0 radical (unpaired) electrons. The molecule has 3 atom stereocenters. The molecule has 0 aromatic rings. The van der Waals surface area contributed by atoms with Crippen molar-refractivity contribution in [2.45, 2.75) is 84.2 Å². The van der Waals surface area contributed by atoms with Crippen molar-refractivity contribution in [3.63, 3.8) is 0 Å². The summed E-state index contributed by atoms with van der Waals surface area (Å²) in [6.07, 6.45) is 10.1. The topological polar surface area (TPSA) is 83.2 Å². The summed E-state index contributed by atoms with van der Waals surface area (Å²) < 4.78 is 0. The molecular formula is C22H48N6S3. The fraction of sp³-hybridized carbons (Fsp3) is 0.909. The maximum atomic E-state index is 6.23. The van der Waals surface area contributed by atoms with Crippen LogP contribution in [0.15, 0.2) is 9.98 Å². The zero-order chi connectivity index (χ0) is 20.1. The van der Waals surface area contributed by atoms with Gasteiger partial charge in [0.1, 0.15) is 0 Å². The number of guanidine groups is 2. The fourth-order valence-corrected chi connectivity index (χ4v) is 4.93. The van der Waals surface area contributed by atoms with E-state index in [9.17, 15) is 0 Å². The predicted molar refractivity (Wildman–Crippen MR) is 150 cm³/mol. The molecule has 2 aliphatic heterocycles. The van der Waals surface area contributed by atoms with Crippen molar-refractivity contribution in [1.29, 1.82) is 0 Å². The molecule has 2 heterocycles. The van der Waals surface area contributed by atoms with E-state index in [4.69, 9.17) is 11.5 Å². The highest BCUT2D eigenvalue weighted by atomic mass is 32.1. The van der Waals surface area contributed by atoms with Gasteiger partial charge in [0.15, 0.2) is 11.9 Å². The minimum Gasteiger partial charge on any atom is -0.370 e. The summed E-state index contributed by atoms with van der Waals surface area (Å²) >= 11 is 0. The average Bonchev–Trinajstić information content (AvgIpc) is 3.23. The van der Waals surface area contributed by atoms with Crippen LogP contribution in [0.3, 0.4) is 0 Å². The van der Waals surface area contributed by atoms with Crippen molar-refractivity contribution in [1.82, 2.24) is 9.80 Å². The highest BCUT2D eigenvalue weighted by molar-refractivity contribution is 7.59. The lowest BCUT2D eigenvalue weighted by Gasteiger charge is -2.33. The van der Waals surface area contributed by atoms with Crippen molar-refractivity contribution in [3.8, 4) is 0 Å². The summed E-state index contributed by atoms with van der Waals surface area (Å²) in [7, 11) is 0. The van der Waals surface area contributed by atoms with Crippen LogP contribution >= 0.6 is 40.5 Å². The van der Waals surface area contributed by atoms with Crippen LogP contribution in [-0.2, 0) is 0 Å². The van der Waals surface area contributed by atoms with Crippen molar-refractivity contribution in [2.75, 3.05) is 26.2 Å². The van der Waals surface area contributed by atoms with Gasteiger partial charge in [-0.25, -0.2) is 4.99 Å². The maximum Gasteiger partial charge on any atom is 0.191 e. The van der Waals surface area contributed by atoms with Crippen molar-refractivity contribution in [2.24, 2.45) is 39.2 Å². The van der Waals surface area contributed by atoms with Crippen LogP contribution in [0.2, 0.25) is 0 Å². The molecule has 1 unspecified atom stereocenters. The molecule has 0 saturated heterocycles. The van der Waals surface area contributed by atoms with E-state index >= 15 is 0 Å². The summed E-state index contributed by atoms with van der Waals surface area (Å²) in [6.45, 7) is 10.9. The highest BCUT2D eigenvalue weighted by Gasteiger charge is 2.30. The second kappa shape index (κ2) is 14.7. The molecule has 184 valence electrons. The number of aliphatic imine (C=N–C) groups is 2. The van der Waals surface area contributed by atoms with Crippen LogP contribution in [0, 0.1) is 17.8 Å². The van der Waals surface area contributed by atoms with Crippen LogP contribution in [0.5, 0.6) is 0 Å². The molecule has 0 aromatic carbocycles. The van der Waals surface area contributed by atoms with Gasteiger partial charge in [-0.15, -0.1) is 0 Å². The molecule has 6 nitrogen and oxygen atoms in total. The largest absolute Gasteiger partial charge is 0.370 e. The first-order chi connectivity index (χ1) is 13.5. The molecular weight excluding hydrogens is 444 g/mol. The summed E-state index contributed by atoms with van der Waals surface area (Å²) in [4.78, 5) is 13.9. The van der Waals surface area contributed by atoms with Gasteiger partial charge in [-0.1, -0.05) is 40.0 Å². The molecule has 9 heteroatoms. The number of hydrogen-bond acceptors (Lipinski definition) is 6. The fourth-order valence-electron chi connectivity index (χ4n) is 4.93. The SMILES string of the molecule is CCC(C)[C@H]1CN(CCCC[C@H]2CN=C(N)N2CC2CCC(C)CC2)C(N)=N1.S.S.S. The van der Waals surface area contributed by atoms with Gasteiger partial charge in [0.05, 0.1) is 18.6 Å². The standard InChI is InChI=1S/C22H42N6.3H2S/c1-4-17(3)20-15-27(22(24)26-20)12-6-5-7-19-13-25-21(23)28(19)14-18-10-8-16(2)9-11-18;;;/h16-20H,4-15H2,1-3H3,(H2,23,25)(H2,24,26);3*1H2/t16?,17?,18?,19-,20+;;;/m0.../s1. The third-order valence-electron chi connectivity index (χ3n) is 7.34. The van der Waals surface area contributed by atoms with Crippen LogP contribution < -0.4 is 11.5 Å². The zero-order valence-corrected chi connectivity index (χ0v) is 22.8. The summed E-state index contributed by atoms with van der Waals surface area (Å²) in [5, 5.41) is 0. The van der Waals surface area contributed by atoms with Gasteiger partial charge >= 0.3 is 0 Å². The van der Waals surface area contributed by atoms with E-state index in [1.807, 2.05) is 0 Å². The Labute approximate surface area is 211 Å². The molecule has 1 saturated carbocycles. The Balaban J connectivity index is 0.00000300. The average molecular weight is 493 g/mol. The smallest absolute Gasteiger partial charge is 0.191 e. The monoisotopic (exact) mass is 492 g/mol. The molecule has 31 heavy (non-hydrogen) atoms. The van der Waals surface area contributed by atoms with E-state index in [1.165, 1.54) is 38.5 Å². The number of rotatable bonds is 9. The molecule has 0 spiro atoms. The van der Waals surface area contributed by atoms with Gasteiger partial charge in [-0.05, 0) is 49.9 Å². The predicted octanol–water partition coefficient (Wildman–Crippen LogP) is 3.37. The van der Waals surface area contributed by atoms with Gasteiger partial charge in [0, 0.05) is 19.6 Å². The van der Waals surface area contributed by atoms with Gasteiger partial charge in [-0.2, -0.15) is 40.5 Å². The molecule has 3 rings (SSSR count). The van der Waals surface area contributed by atoms with Crippen LogP contribution in [0.1, 0.15) is 72.1 Å². The Morgan fingerprint density at radius 2 is 1.71 bits per heavy atom.